The standard InChI is InChI=1S/C13H21N3O2/c1-9-12(10(2)18-15-9)8-16-6-4-11(5-7-16)13(17)14-3/h11H,4-8H2,1-3H3,(H,14,17). The zero-order valence-electron chi connectivity index (χ0n) is 11.3. The minimum Gasteiger partial charge on any atom is -0.361 e. The molecule has 5 heteroatoms. The van der Waals surface area contributed by atoms with Gasteiger partial charge < -0.3 is 9.84 Å². The lowest BCUT2D eigenvalue weighted by atomic mass is 9.95. The molecule has 1 fully saturated rings. The molecule has 0 radical (unpaired) electrons. The molecule has 1 aromatic heterocycles. The van der Waals surface area contributed by atoms with E-state index in [0.717, 1.165) is 43.9 Å². The van der Waals surface area contributed by atoms with Gasteiger partial charge in [-0.1, -0.05) is 5.16 Å². The minimum absolute atomic E-state index is 0.173. The molecule has 1 aliphatic rings. The third kappa shape index (κ3) is 2.72. The van der Waals surface area contributed by atoms with Gasteiger partial charge in [0.15, 0.2) is 0 Å². The first-order valence-corrected chi connectivity index (χ1v) is 6.47. The molecule has 0 spiro atoms. The summed E-state index contributed by atoms with van der Waals surface area (Å²) in [5, 5.41) is 6.70. The maximum Gasteiger partial charge on any atom is 0.222 e. The van der Waals surface area contributed by atoms with Crippen molar-refractivity contribution in [2.24, 2.45) is 5.92 Å². The highest BCUT2D eigenvalue weighted by atomic mass is 16.5. The predicted molar refractivity (Wildman–Crippen MR) is 68.0 cm³/mol. The molecule has 1 N–H and O–H groups in total. The second-order valence-corrected chi connectivity index (χ2v) is 4.97. The van der Waals surface area contributed by atoms with Gasteiger partial charge in [0.25, 0.3) is 0 Å². The molecular weight excluding hydrogens is 230 g/mol. The molecule has 0 aromatic carbocycles. The number of rotatable bonds is 3. The van der Waals surface area contributed by atoms with Crippen molar-refractivity contribution in [1.29, 1.82) is 0 Å². The van der Waals surface area contributed by atoms with Gasteiger partial charge in [-0.3, -0.25) is 9.69 Å². The highest BCUT2D eigenvalue weighted by molar-refractivity contribution is 5.78. The summed E-state index contributed by atoms with van der Waals surface area (Å²) in [5.74, 6) is 1.25. The molecule has 0 aliphatic carbocycles. The van der Waals surface area contributed by atoms with E-state index in [4.69, 9.17) is 4.52 Å². The lowest BCUT2D eigenvalue weighted by Crippen LogP contribution is -2.39. The van der Waals surface area contributed by atoms with Crippen molar-refractivity contribution < 1.29 is 9.32 Å². The molecule has 2 rings (SSSR count). The fraction of sp³-hybridized carbons (Fsp3) is 0.692. The van der Waals surface area contributed by atoms with E-state index in [-0.39, 0.29) is 11.8 Å². The van der Waals surface area contributed by atoms with E-state index in [1.165, 1.54) is 5.56 Å². The molecular formula is C13H21N3O2. The number of hydrogen-bond acceptors (Lipinski definition) is 4. The zero-order chi connectivity index (χ0) is 13.1. The van der Waals surface area contributed by atoms with Gasteiger partial charge in [-0.05, 0) is 39.8 Å². The number of likely N-dealkylation sites (tertiary alicyclic amines) is 1. The number of hydrogen-bond donors (Lipinski definition) is 1. The number of nitrogens with zero attached hydrogens (tertiary/aromatic N) is 2. The molecule has 2 heterocycles. The quantitative estimate of drug-likeness (QED) is 0.878. The lowest BCUT2D eigenvalue weighted by Gasteiger charge is -2.30. The summed E-state index contributed by atoms with van der Waals surface area (Å²) in [6, 6.07) is 0. The van der Waals surface area contributed by atoms with E-state index in [1.807, 2.05) is 13.8 Å². The number of carbonyl (C=O) groups is 1. The van der Waals surface area contributed by atoms with E-state index in [1.54, 1.807) is 7.05 Å². The van der Waals surface area contributed by atoms with Gasteiger partial charge in [-0.15, -0.1) is 0 Å². The molecule has 1 amide bonds. The van der Waals surface area contributed by atoms with Gasteiger partial charge in [-0.2, -0.15) is 0 Å². The molecule has 0 saturated carbocycles. The van der Waals surface area contributed by atoms with E-state index >= 15 is 0 Å². The fourth-order valence-electron chi connectivity index (χ4n) is 2.51. The van der Waals surface area contributed by atoms with Crippen molar-refractivity contribution in [3.8, 4) is 0 Å². The summed E-state index contributed by atoms with van der Waals surface area (Å²) >= 11 is 0. The molecule has 0 atom stereocenters. The van der Waals surface area contributed by atoms with Crippen LogP contribution in [0.4, 0.5) is 0 Å². The molecule has 100 valence electrons. The van der Waals surface area contributed by atoms with Gasteiger partial charge in [0, 0.05) is 25.1 Å². The Balaban J connectivity index is 1.89. The summed E-state index contributed by atoms with van der Waals surface area (Å²) in [4.78, 5) is 13.9. The van der Waals surface area contributed by atoms with Gasteiger partial charge in [0.1, 0.15) is 5.76 Å². The van der Waals surface area contributed by atoms with E-state index in [0.29, 0.717) is 0 Å². The average molecular weight is 251 g/mol. The second-order valence-electron chi connectivity index (χ2n) is 4.97. The number of carbonyl (C=O) groups excluding carboxylic acids is 1. The van der Waals surface area contributed by atoms with Crippen molar-refractivity contribution in [1.82, 2.24) is 15.4 Å². The van der Waals surface area contributed by atoms with E-state index in [9.17, 15) is 4.79 Å². The van der Waals surface area contributed by atoms with Crippen LogP contribution in [0, 0.1) is 19.8 Å². The molecule has 0 unspecified atom stereocenters. The van der Waals surface area contributed by atoms with Crippen LogP contribution in [0.2, 0.25) is 0 Å². The van der Waals surface area contributed by atoms with Crippen LogP contribution in [-0.2, 0) is 11.3 Å². The molecule has 18 heavy (non-hydrogen) atoms. The minimum atomic E-state index is 0.173. The first-order valence-electron chi connectivity index (χ1n) is 6.47. The number of amides is 1. The summed E-state index contributed by atoms with van der Waals surface area (Å²) in [7, 11) is 1.71. The van der Waals surface area contributed by atoms with Crippen LogP contribution in [0.5, 0.6) is 0 Å². The Labute approximate surface area is 108 Å². The van der Waals surface area contributed by atoms with Crippen molar-refractivity contribution in [3.63, 3.8) is 0 Å². The zero-order valence-corrected chi connectivity index (χ0v) is 11.3. The Morgan fingerprint density at radius 3 is 2.61 bits per heavy atom. The van der Waals surface area contributed by atoms with Crippen molar-refractivity contribution in [2.45, 2.75) is 33.2 Å². The van der Waals surface area contributed by atoms with Gasteiger partial charge in [-0.25, -0.2) is 0 Å². The highest BCUT2D eigenvalue weighted by Crippen LogP contribution is 2.21. The van der Waals surface area contributed by atoms with Crippen LogP contribution in [0.1, 0.15) is 29.9 Å². The molecule has 5 nitrogen and oxygen atoms in total. The number of nitrogens with one attached hydrogen (secondary N) is 1. The number of aromatic nitrogens is 1. The van der Waals surface area contributed by atoms with Gasteiger partial charge in [0.05, 0.1) is 5.69 Å². The monoisotopic (exact) mass is 251 g/mol. The normalized spacial score (nSPS) is 17.9. The molecule has 1 aliphatic heterocycles. The van der Waals surface area contributed by atoms with Crippen LogP contribution >= 0.6 is 0 Å². The first-order chi connectivity index (χ1) is 8.61. The smallest absolute Gasteiger partial charge is 0.222 e. The Hall–Kier alpha value is -1.36. The lowest BCUT2D eigenvalue weighted by molar-refractivity contribution is -0.125. The summed E-state index contributed by atoms with van der Waals surface area (Å²) in [5.41, 5.74) is 2.16. The predicted octanol–water partition coefficient (Wildman–Crippen LogP) is 1.25. The third-order valence-corrected chi connectivity index (χ3v) is 3.77. The van der Waals surface area contributed by atoms with Gasteiger partial charge in [0.2, 0.25) is 5.91 Å². The SMILES string of the molecule is CNC(=O)C1CCN(Cc2c(C)noc2C)CC1. The van der Waals surface area contributed by atoms with Crippen molar-refractivity contribution in [2.75, 3.05) is 20.1 Å². The van der Waals surface area contributed by atoms with Crippen LogP contribution in [0.15, 0.2) is 4.52 Å². The maximum atomic E-state index is 11.5. The van der Waals surface area contributed by atoms with Crippen LogP contribution in [-0.4, -0.2) is 36.1 Å². The van der Waals surface area contributed by atoms with Crippen LogP contribution in [0.25, 0.3) is 0 Å². The van der Waals surface area contributed by atoms with Gasteiger partial charge >= 0.3 is 0 Å². The maximum absolute atomic E-state index is 11.5. The third-order valence-electron chi connectivity index (χ3n) is 3.77. The van der Waals surface area contributed by atoms with E-state index in [2.05, 4.69) is 15.4 Å². The van der Waals surface area contributed by atoms with Crippen molar-refractivity contribution >= 4 is 5.91 Å². The topological polar surface area (TPSA) is 58.4 Å². The Morgan fingerprint density at radius 2 is 2.11 bits per heavy atom. The highest BCUT2D eigenvalue weighted by Gasteiger charge is 2.25. The molecule has 1 aromatic rings. The summed E-state index contributed by atoms with van der Waals surface area (Å²) < 4.78 is 5.17. The molecule has 1 saturated heterocycles. The largest absolute Gasteiger partial charge is 0.361 e. The Kier molecular flexibility index (Phi) is 4.01. The summed E-state index contributed by atoms with van der Waals surface area (Å²) in [6.07, 6.45) is 1.87. The number of aryl methyl sites for hydroxylation is 2. The second kappa shape index (κ2) is 5.52. The van der Waals surface area contributed by atoms with Crippen LogP contribution < -0.4 is 5.32 Å². The average Bonchev–Trinajstić information content (AvgIpc) is 2.70. The molecule has 0 bridgehead atoms. The first kappa shape index (κ1) is 13.1. The Morgan fingerprint density at radius 1 is 1.44 bits per heavy atom. The number of piperidine rings is 1. The Bertz CT molecular complexity index is 400. The van der Waals surface area contributed by atoms with Crippen LogP contribution in [0.3, 0.4) is 0 Å². The van der Waals surface area contributed by atoms with E-state index < -0.39 is 0 Å². The fourth-order valence-corrected chi connectivity index (χ4v) is 2.51. The summed E-state index contributed by atoms with van der Waals surface area (Å²) in [6.45, 7) is 6.72. The van der Waals surface area contributed by atoms with Crippen molar-refractivity contribution in [3.05, 3.63) is 17.0 Å².